The van der Waals surface area contributed by atoms with Gasteiger partial charge in [-0.05, 0) is 23.8 Å². The van der Waals surface area contributed by atoms with Gasteiger partial charge in [-0.15, -0.1) is 0 Å². The molecular formula is C18H24O11. The van der Waals surface area contributed by atoms with Crippen molar-refractivity contribution in [1.82, 2.24) is 0 Å². The highest BCUT2D eigenvalue weighted by atomic mass is 16.7. The van der Waals surface area contributed by atoms with Crippen molar-refractivity contribution in [3.8, 4) is 11.5 Å². The highest BCUT2D eigenvalue weighted by molar-refractivity contribution is 5.87. The lowest BCUT2D eigenvalue weighted by atomic mass is 9.99. The Balaban J connectivity index is 2.05. The van der Waals surface area contributed by atoms with Crippen molar-refractivity contribution in [3.05, 3.63) is 29.8 Å². The van der Waals surface area contributed by atoms with Crippen LogP contribution in [0.25, 0.3) is 6.08 Å². The molecule has 162 valence electrons. The number of esters is 1. The molecule has 1 aromatic carbocycles. The summed E-state index contributed by atoms with van der Waals surface area (Å²) in [4.78, 5) is 12.1. The van der Waals surface area contributed by atoms with Crippen LogP contribution in [-0.2, 0) is 19.0 Å². The van der Waals surface area contributed by atoms with Crippen LogP contribution in [-0.4, -0.2) is 98.3 Å². The predicted molar refractivity (Wildman–Crippen MR) is 95.5 cm³/mol. The van der Waals surface area contributed by atoms with Gasteiger partial charge in [0.05, 0.1) is 19.8 Å². The van der Waals surface area contributed by atoms with E-state index in [1.54, 1.807) is 0 Å². The molecule has 2 rings (SSSR count). The zero-order valence-corrected chi connectivity index (χ0v) is 15.2. The van der Waals surface area contributed by atoms with Crippen LogP contribution in [0.15, 0.2) is 24.3 Å². The van der Waals surface area contributed by atoms with Crippen LogP contribution in [0.5, 0.6) is 11.5 Å². The van der Waals surface area contributed by atoms with E-state index in [1.165, 1.54) is 24.3 Å². The number of aliphatic hydroxyl groups is 5. The Kier molecular flexibility index (Phi) is 8.34. The van der Waals surface area contributed by atoms with Gasteiger partial charge in [0.25, 0.3) is 0 Å². The molecule has 0 saturated carbocycles. The Morgan fingerprint density at radius 3 is 2.52 bits per heavy atom. The van der Waals surface area contributed by atoms with E-state index >= 15 is 0 Å². The summed E-state index contributed by atoms with van der Waals surface area (Å²) >= 11 is 0. The summed E-state index contributed by atoms with van der Waals surface area (Å²) in [6, 6.07) is 3.85. The van der Waals surface area contributed by atoms with E-state index < -0.39 is 62.6 Å². The number of benzene rings is 1. The zero-order valence-electron chi connectivity index (χ0n) is 15.2. The van der Waals surface area contributed by atoms with E-state index in [1.807, 2.05) is 0 Å². The van der Waals surface area contributed by atoms with Crippen molar-refractivity contribution >= 4 is 12.0 Å². The molecule has 1 saturated heterocycles. The summed E-state index contributed by atoms with van der Waals surface area (Å²) in [6.45, 7) is -1.66. The summed E-state index contributed by atoms with van der Waals surface area (Å²) in [7, 11) is 0. The molecule has 0 radical (unpaired) electrons. The molecule has 1 aliphatic rings. The third-order valence-electron chi connectivity index (χ3n) is 4.15. The molecule has 7 N–H and O–H groups in total. The molecule has 0 aromatic heterocycles. The Morgan fingerprint density at radius 1 is 1.17 bits per heavy atom. The molecule has 0 spiro atoms. The lowest BCUT2D eigenvalue weighted by molar-refractivity contribution is -0.306. The third kappa shape index (κ3) is 6.11. The Labute approximate surface area is 165 Å². The van der Waals surface area contributed by atoms with Crippen LogP contribution >= 0.6 is 0 Å². The second-order valence-corrected chi connectivity index (χ2v) is 6.36. The van der Waals surface area contributed by atoms with Crippen molar-refractivity contribution in [1.29, 1.82) is 0 Å². The average Bonchev–Trinajstić information content (AvgIpc) is 2.71. The summed E-state index contributed by atoms with van der Waals surface area (Å²) in [5.41, 5.74) is 0.373. The van der Waals surface area contributed by atoms with E-state index in [0.29, 0.717) is 5.56 Å². The minimum Gasteiger partial charge on any atom is -0.504 e. The van der Waals surface area contributed by atoms with Gasteiger partial charge in [0.2, 0.25) is 0 Å². The Bertz CT molecular complexity index is 707. The largest absolute Gasteiger partial charge is 0.504 e. The number of ether oxygens (including phenoxy) is 3. The molecular weight excluding hydrogens is 392 g/mol. The number of rotatable bonds is 8. The van der Waals surface area contributed by atoms with Gasteiger partial charge < -0.3 is 50.0 Å². The average molecular weight is 416 g/mol. The maximum absolute atomic E-state index is 12.1. The summed E-state index contributed by atoms with van der Waals surface area (Å²) in [5, 5.41) is 66.7. The van der Waals surface area contributed by atoms with Crippen LogP contribution in [0, 0.1) is 0 Å². The number of phenolic OH excluding ortho intramolecular Hbond substituents is 2. The van der Waals surface area contributed by atoms with Crippen molar-refractivity contribution in [3.63, 3.8) is 0 Å². The van der Waals surface area contributed by atoms with E-state index in [-0.39, 0.29) is 11.5 Å². The number of hydrogen-bond acceptors (Lipinski definition) is 11. The molecule has 6 atom stereocenters. The van der Waals surface area contributed by atoms with Gasteiger partial charge in [0.15, 0.2) is 23.9 Å². The first-order valence-electron chi connectivity index (χ1n) is 8.70. The van der Waals surface area contributed by atoms with Gasteiger partial charge in [0.1, 0.15) is 24.4 Å². The molecule has 11 nitrogen and oxygen atoms in total. The highest BCUT2D eigenvalue weighted by Crippen LogP contribution is 2.26. The van der Waals surface area contributed by atoms with Gasteiger partial charge in [-0.2, -0.15) is 0 Å². The molecule has 0 amide bonds. The predicted octanol–water partition coefficient (Wildman–Crippen LogP) is -2.17. The van der Waals surface area contributed by atoms with Crippen molar-refractivity contribution < 1.29 is 54.8 Å². The summed E-state index contributed by atoms with van der Waals surface area (Å²) in [5.74, 6) is -1.66. The van der Waals surface area contributed by atoms with Crippen LogP contribution in [0.3, 0.4) is 0 Å². The van der Waals surface area contributed by atoms with Gasteiger partial charge in [-0.25, -0.2) is 4.79 Å². The fraction of sp³-hybridized carbons (Fsp3) is 0.500. The summed E-state index contributed by atoms with van der Waals surface area (Å²) in [6.07, 6.45) is -6.38. The molecule has 0 aliphatic carbocycles. The smallest absolute Gasteiger partial charge is 0.331 e. The topological polar surface area (TPSA) is 186 Å². The number of carbonyl (C=O) groups is 1. The molecule has 11 heteroatoms. The normalized spacial score (nSPS) is 28.4. The SMILES string of the molecule is O=C(C=Cc1ccc(O)c(O)c1)O[C@@H]1[C@@H](O)[C@H](OC[C@H](O)CO)O[C@H](CO)[C@H]1O. The number of carbonyl (C=O) groups excluding carboxylic acids is 1. The maximum atomic E-state index is 12.1. The minimum atomic E-state index is -1.64. The molecule has 0 bridgehead atoms. The lowest BCUT2D eigenvalue weighted by Crippen LogP contribution is -2.60. The van der Waals surface area contributed by atoms with Crippen LogP contribution in [0.4, 0.5) is 0 Å². The molecule has 1 heterocycles. The Morgan fingerprint density at radius 2 is 1.90 bits per heavy atom. The summed E-state index contributed by atoms with van der Waals surface area (Å²) < 4.78 is 15.4. The molecule has 29 heavy (non-hydrogen) atoms. The van der Waals surface area contributed by atoms with Crippen molar-refractivity contribution in [2.75, 3.05) is 19.8 Å². The van der Waals surface area contributed by atoms with Gasteiger partial charge >= 0.3 is 5.97 Å². The van der Waals surface area contributed by atoms with Crippen molar-refractivity contribution in [2.45, 2.75) is 36.8 Å². The molecule has 0 unspecified atom stereocenters. The quantitative estimate of drug-likeness (QED) is 0.139. The van der Waals surface area contributed by atoms with E-state index in [9.17, 15) is 35.4 Å². The van der Waals surface area contributed by atoms with Gasteiger partial charge in [0, 0.05) is 6.08 Å². The first-order chi connectivity index (χ1) is 13.8. The fourth-order valence-electron chi connectivity index (χ4n) is 2.57. The van der Waals surface area contributed by atoms with E-state index in [2.05, 4.69) is 0 Å². The third-order valence-corrected chi connectivity index (χ3v) is 4.15. The highest BCUT2D eigenvalue weighted by Gasteiger charge is 2.47. The number of hydrogen-bond donors (Lipinski definition) is 7. The minimum absolute atomic E-state index is 0.328. The number of aromatic hydroxyl groups is 2. The van der Waals surface area contributed by atoms with Crippen LogP contribution < -0.4 is 0 Å². The van der Waals surface area contributed by atoms with Gasteiger partial charge in [-0.1, -0.05) is 6.07 Å². The second kappa shape index (κ2) is 10.5. The zero-order chi connectivity index (χ0) is 21.6. The van der Waals surface area contributed by atoms with Crippen molar-refractivity contribution in [2.24, 2.45) is 0 Å². The second-order valence-electron chi connectivity index (χ2n) is 6.36. The standard InChI is InChI=1S/C18H24O11/c19-6-10(21)8-27-18-16(26)17(15(25)13(7-20)28-18)29-14(24)4-2-9-1-3-11(22)12(23)5-9/h1-5,10,13,15-23,25-26H,6-8H2/t10-,13-,15-,16-,17+,18-/m1/s1. The van der Waals surface area contributed by atoms with Crippen LogP contribution in [0.1, 0.15) is 5.56 Å². The molecule has 1 fully saturated rings. The fourth-order valence-corrected chi connectivity index (χ4v) is 2.57. The maximum Gasteiger partial charge on any atom is 0.331 e. The van der Waals surface area contributed by atoms with Crippen LogP contribution in [0.2, 0.25) is 0 Å². The molecule has 1 aromatic rings. The van der Waals surface area contributed by atoms with Gasteiger partial charge in [-0.3, -0.25) is 0 Å². The first kappa shape index (κ1) is 23.0. The first-order valence-corrected chi connectivity index (χ1v) is 8.70. The lowest BCUT2D eigenvalue weighted by Gasteiger charge is -2.41. The van der Waals surface area contributed by atoms with E-state index in [4.69, 9.17) is 19.3 Å². The van der Waals surface area contributed by atoms with E-state index in [0.717, 1.165) is 6.08 Å². The molecule has 1 aliphatic heterocycles. The Hall–Kier alpha value is -2.25. The monoisotopic (exact) mass is 416 g/mol. The number of aliphatic hydroxyl groups excluding tert-OH is 5. The number of phenols is 2.